The Morgan fingerprint density at radius 3 is 0.853 bits per heavy atom. The van der Waals surface area contributed by atoms with Gasteiger partial charge in [0.2, 0.25) is 5.91 Å². The van der Waals surface area contributed by atoms with E-state index in [4.69, 9.17) is 0 Å². The van der Waals surface area contributed by atoms with Gasteiger partial charge in [-0.05, 0) is 44.9 Å². The highest BCUT2D eigenvalue weighted by molar-refractivity contribution is 5.80. The van der Waals surface area contributed by atoms with Gasteiger partial charge in [0.05, 0.1) is 18.8 Å². The van der Waals surface area contributed by atoms with E-state index in [2.05, 4.69) is 31.3 Å². The summed E-state index contributed by atoms with van der Waals surface area (Å²) in [5.74, 6) is -0.496. The van der Waals surface area contributed by atoms with Gasteiger partial charge in [-0.2, -0.15) is 0 Å². The molecular formula is C63H123NO4. The molecule has 0 fully saturated rings. The number of allylic oxidation sites excluding steroid dienone is 3. The maximum absolute atomic E-state index is 12.6. The van der Waals surface area contributed by atoms with Crippen LogP contribution in [0, 0.1) is 0 Å². The molecule has 0 saturated heterocycles. The van der Waals surface area contributed by atoms with Gasteiger partial charge in [0.25, 0.3) is 0 Å². The first-order valence-corrected chi connectivity index (χ1v) is 31.2. The van der Waals surface area contributed by atoms with E-state index in [0.717, 1.165) is 32.1 Å². The van der Waals surface area contributed by atoms with Crippen molar-refractivity contribution >= 4 is 5.91 Å². The van der Waals surface area contributed by atoms with Gasteiger partial charge in [-0.15, -0.1) is 0 Å². The molecule has 5 nitrogen and oxygen atoms in total. The van der Waals surface area contributed by atoms with E-state index in [9.17, 15) is 20.1 Å². The predicted octanol–water partition coefficient (Wildman–Crippen LogP) is 19.6. The smallest absolute Gasteiger partial charge is 0.249 e. The molecule has 404 valence electrons. The van der Waals surface area contributed by atoms with Gasteiger partial charge >= 0.3 is 0 Å². The van der Waals surface area contributed by atoms with Crippen LogP contribution in [0.2, 0.25) is 0 Å². The fourth-order valence-electron chi connectivity index (χ4n) is 9.95. The fraction of sp³-hybridized carbons (Fsp3) is 0.921. The monoisotopic (exact) mass is 958 g/mol. The average molecular weight is 959 g/mol. The zero-order valence-electron chi connectivity index (χ0n) is 46.3. The Bertz CT molecular complexity index is 1010. The molecule has 0 heterocycles. The lowest BCUT2D eigenvalue weighted by molar-refractivity contribution is -0.131. The Labute approximate surface area is 426 Å². The van der Waals surface area contributed by atoms with Crippen molar-refractivity contribution in [3.63, 3.8) is 0 Å². The van der Waals surface area contributed by atoms with Crippen molar-refractivity contribution in [2.24, 2.45) is 0 Å². The minimum Gasteiger partial charge on any atom is -0.394 e. The summed E-state index contributed by atoms with van der Waals surface area (Å²) in [6.45, 7) is 4.23. The van der Waals surface area contributed by atoms with Gasteiger partial charge in [-0.1, -0.05) is 327 Å². The lowest BCUT2D eigenvalue weighted by Gasteiger charge is -2.21. The number of carbonyl (C=O) groups excluding carboxylic acids is 1. The molecule has 3 atom stereocenters. The molecule has 0 rings (SSSR count). The maximum Gasteiger partial charge on any atom is 0.249 e. The van der Waals surface area contributed by atoms with Gasteiger partial charge in [0.15, 0.2) is 0 Å². The van der Waals surface area contributed by atoms with Crippen LogP contribution >= 0.6 is 0 Å². The molecule has 4 N–H and O–H groups in total. The van der Waals surface area contributed by atoms with Crippen molar-refractivity contribution in [1.82, 2.24) is 5.32 Å². The quantitative estimate of drug-likeness (QED) is 0.0361. The first kappa shape index (κ1) is 66.8. The van der Waals surface area contributed by atoms with E-state index in [1.807, 2.05) is 6.08 Å². The molecule has 0 aliphatic carbocycles. The van der Waals surface area contributed by atoms with Gasteiger partial charge < -0.3 is 20.6 Å². The molecule has 1 amide bonds. The Hall–Kier alpha value is -1.17. The van der Waals surface area contributed by atoms with Crippen molar-refractivity contribution in [2.45, 2.75) is 366 Å². The average Bonchev–Trinajstić information content (AvgIpc) is 3.34. The van der Waals surface area contributed by atoms with E-state index in [0.29, 0.717) is 6.42 Å². The topological polar surface area (TPSA) is 89.8 Å². The minimum atomic E-state index is -1.10. The summed E-state index contributed by atoms with van der Waals surface area (Å²) in [7, 11) is 0. The summed E-state index contributed by atoms with van der Waals surface area (Å²) < 4.78 is 0. The number of hydrogen-bond donors (Lipinski definition) is 4. The number of rotatable bonds is 58. The van der Waals surface area contributed by atoms with E-state index in [-0.39, 0.29) is 6.61 Å². The molecular weight excluding hydrogens is 835 g/mol. The standard InChI is InChI=1S/C63H123NO4/c1-3-5-7-9-11-13-15-17-19-21-23-25-27-28-29-30-31-32-33-34-35-36-38-40-42-44-46-48-50-52-54-56-58-62(67)63(68)64-60(59-65)61(66)57-55-53-51-49-47-45-43-41-39-37-26-24-22-20-18-16-14-12-10-8-6-4-2/h28-29,55,57,60-62,65-67H,3-27,30-54,56,58-59H2,1-2H3,(H,64,68)/b29-28-,57-55+. The first-order valence-electron chi connectivity index (χ1n) is 31.2. The molecule has 0 aromatic heterocycles. The van der Waals surface area contributed by atoms with Crippen LogP contribution in [0.5, 0.6) is 0 Å². The van der Waals surface area contributed by atoms with Crippen LogP contribution < -0.4 is 5.32 Å². The van der Waals surface area contributed by atoms with Crippen molar-refractivity contribution in [2.75, 3.05) is 6.61 Å². The number of carbonyl (C=O) groups is 1. The van der Waals surface area contributed by atoms with Crippen LogP contribution in [0.4, 0.5) is 0 Å². The normalized spacial score (nSPS) is 13.3. The van der Waals surface area contributed by atoms with E-state index in [1.54, 1.807) is 6.08 Å². The molecule has 0 radical (unpaired) electrons. The summed E-state index contributed by atoms with van der Waals surface area (Å²) in [6.07, 6.45) is 75.7. The molecule has 0 spiro atoms. The van der Waals surface area contributed by atoms with E-state index in [1.165, 1.54) is 295 Å². The number of hydrogen-bond acceptors (Lipinski definition) is 4. The highest BCUT2D eigenvalue weighted by Gasteiger charge is 2.22. The summed E-state index contributed by atoms with van der Waals surface area (Å²) >= 11 is 0. The van der Waals surface area contributed by atoms with Gasteiger partial charge in [-0.3, -0.25) is 4.79 Å². The van der Waals surface area contributed by atoms with Crippen LogP contribution in [0.25, 0.3) is 0 Å². The third kappa shape index (κ3) is 52.6. The maximum atomic E-state index is 12.6. The Kier molecular flexibility index (Phi) is 57.4. The van der Waals surface area contributed by atoms with E-state index >= 15 is 0 Å². The molecule has 68 heavy (non-hydrogen) atoms. The second kappa shape index (κ2) is 58.4. The van der Waals surface area contributed by atoms with Crippen LogP contribution in [-0.4, -0.2) is 46.1 Å². The summed E-state index contributed by atoms with van der Waals surface area (Å²) in [5, 5.41) is 33.5. The number of nitrogens with one attached hydrogen (secondary N) is 1. The van der Waals surface area contributed by atoms with Crippen molar-refractivity contribution in [3.8, 4) is 0 Å². The Morgan fingerprint density at radius 2 is 0.588 bits per heavy atom. The molecule has 0 aromatic rings. The lowest BCUT2D eigenvalue weighted by Crippen LogP contribution is -2.48. The third-order valence-electron chi connectivity index (χ3n) is 14.8. The van der Waals surface area contributed by atoms with Crippen LogP contribution in [-0.2, 0) is 4.79 Å². The lowest BCUT2D eigenvalue weighted by atomic mass is 10.0. The molecule has 0 aliphatic heterocycles. The highest BCUT2D eigenvalue weighted by atomic mass is 16.3. The highest BCUT2D eigenvalue weighted by Crippen LogP contribution is 2.18. The van der Waals surface area contributed by atoms with E-state index < -0.39 is 24.2 Å². The Balaban J connectivity index is 3.51. The van der Waals surface area contributed by atoms with Crippen molar-refractivity contribution in [3.05, 3.63) is 24.3 Å². The van der Waals surface area contributed by atoms with Gasteiger partial charge in [0.1, 0.15) is 6.10 Å². The Morgan fingerprint density at radius 1 is 0.353 bits per heavy atom. The zero-order valence-corrected chi connectivity index (χ0v) is 46.3. The number of unbranched alkanes of at least 4 members (excludes halogenated alkanes) is 48. The number of aliphatic hydroxyl groups excluding tert-OH is 3. The minimum absolute atomic E-state index is 0.360. The predicted molar refractivity (Wildman–Crippen MR) is 301 cm³/mol. The SMILES string of the molecule is CCCCCCCCCCCCCC/C=C\CCCCCCCCCCCCCCCCCCC(O)C(=O)NC(CO)C(O)/C=C/CCCCCCCCCCCCCCCCCCCCCC. The van der Waals surface area contributed by atoms with Gasteiger partial charge in [0, 0.05) is 0 Å². The first-order chi connectivity index (χ1) is 33.6. The van der Waals surface area contributed by atoms with Crippen molar-refractivity contribution in [1.29, 1.82) is 0 Å². The molecule has 0 bridgehead atoms. The number of amides is 1. The fourth-order valence-corrected chi connectivity index (χ4v) is 9.95. The summed E-state index contributed by atoms with van der Waals surface area (Å²) in [6, 6.07) is -0.797. The summed E-state index contributed by atoms with van der Waals surface area (Å²) in [4.78, 5) is 12.6. The number of aliphatic hydroxyl groups is 3. The van der Waals surface area contributed by atoms with Crippen LogP contribution in [0.1, 0.15) is 348 Å². The molecule has 5 heteroatoms. The second-order valence-corrected chi connectivity index (χ2v) is 21.6. The molecule has 0 aliphatic rings. The van der Waals surface area contributed by atoms with Gasteiger partial charge in [-0.25, -0.2) is 0 Å². The zero-order chi connectivity index (χ0) is 49.3. The summed E-state index contributed by atoms with van der Waals surface area (Å²) in [5.41, 5.74) is 0. The second-order valence-electron chi connectivity index (χ2n) is 21.6. The largest absolute Gasteiger partial charge is 0.394 e. The third-order valence-corrected chi connectivity index (χ3v) is 14.8. The molecule has 0 saturated carbocycles. The molecule has 3 unspecified atom stereocenters. The van der Waals surface area contributed by atoms with Crippen LogP contribution in [0.3, 0.4) is 0 Å². The molecule has 0 aromatic carbocycles. The van der Waals surface area contributed by atoms with Crippen LogP contribution in [0.15, 0.2) is 24.3 Å². The van der Waals surface area contributed by atoms with Crippen molar-refractivity contribution < 1.29 is 20.1 Å².